The first-order chi connectivity index (χ1) is 9.35. The van der Waals surface area contributed by atoms with Crippen molar-refractivity contribution in [3.8, 4) is 11.8 Å². The molecule has 1 atom stereocenters. The molecule has 1 rings (SSSR count). The molecular formula is C16H22FNO2. The summed E-state index contributed by atoms with van der Waals surface area (Å²) in [6.07, 6.45) is 1.72. The predicted octanol–water partition coefficient (Wildman–Crippen LogP) is 3.98. The summed E-state index contributed by atoms with van der Waals surface area (Å²) in [6, 6.07) is 6.75. The SMILES string of the molecule is CC(O)c1ccc(OCCCCC(C)(C)C#N)cc1F. The molecule has 0 heterocycles. The normalized spacial score (nSPS) is 12.8. The summed E-state index contributed by atoms with van der Waals surface area (Å²) in [5.41, 5.74) is -0.0292. The molecule has 4 heteroatoms. The second-order valence-electron chi connectivity index (χ2n) is 5.66. The monoisotopic (exact) mass is 279 g/mol. The highest BCUT2D eigenvalue weighted by molar-refractivity contribution is 5.29. The highest BCUT2D eigenvalue weighted by Gasteiger charge is 2.15. The Hall–Kier alpha value is -1.60. The molecule has 1 unspecified atom stereocenters. The Morgan fingerprint density at radius 1 is 1.40 bits per heavy atom. The zero-order chi connectivity index (χ0) is 15.2. The van der Waals surface area contributed by atoms with Crippen molar-refractivity contribution in [1.82, 2.24) is 0 Å². The van der Waals surface area contributed by atoms with Crippen LogP contribution in [-0.4, -0.2) is 11.7 Å². The maximum absolute atomic E-state index is 13.6. The minimum atomic E-state index is -0.822. The topological polar surface area (TPSA) is 53.2 Å². The first-order valence-corrected chi connectivity index (χ1v) is 6.87. The summed E-state index contributed by atoms with van der Waals surface area (Å²) in [7, 11) is 0. The van der Waals surface area contributed by atoms with Crippen molar-refractivity contribution in [3.63, 3.8) is 0 Å². The van der Waals surface area contributed by atoms with Gasteiger partial charge in [0.05, 0.1) is 24.2 Å². The lowest BCUT2D eigenvalue weighted by Gasteiger charge is -2.14. The van der Waals surface area contributed by atoms with Crippen molar-refractivity contribution in [2.45, 2.75) is 46.1 Å². The summed E-state index contributed by atoms with van der Waals surface area (Å²) in [4.78, 5) is 0. The van der Waals surface area contributed by atoms with Crippen molar-refractivity contribution < 1.29 is 14.2 Å². The van der Waals surface area contributed by atoms with Gasteiger partial charge >= 0.3 is 0 Å². The molecule has 0 saturated carbocycles. The molecule has 1 N–H and O–H groups in total. The summed E-state index contributed by atoms with van der Waals surface area (Å²) in [6.45, 7) is 5.85. The van der Waals surface area contributed by atoms with Gasteiger partial charge in [-0.3, -0.25) is 0 Å². The lowest BCUT2D eigenvalue weighted by atomic mass is 9.89. The van der Waals surface area contributed by atoms with E-state index in [1.807, 2.05) is 13.8 Å². The molecule has 1 aromatic rings. The fraction of sp³-hybridized carbons (Fsp3) is 0.562. The van der Waals surface area contributed by atoms with Gasteiger partial charge in [-0.05, 0) is 52.2 Å². The quantitative estimate of drug-likeness (QED) is 0.768. The largest absolute Gasteiger partial charge is 0.493 e. The third kappa shape index (κ3) is 5.18. The fourth-order valence-corrected chi connectivity index (χ4v) is 1.85. The van der Waals surface area contributed by atoms with Gasteiger partial charge in [0, 0.05) is 11.6 Å². The highest BCUT2D eigenvalue weighted by atomic mass is 19.1. The number of rotatable bonds is 7. The molecule has 0 bridgehead atoms. The van der Waals surface area contributed by atoms with Crippen molar-refractivity contribution in [2.75, 3.05) is 6.61 Å². The van der Waals surface area contributed by atoms with Gasteiger partial charge in [0.15, 0.2) is 0 Å². The molecule has 0 aromatic heterocycles. The predicted molar refractivity (Wildman–Crippen MR) is 75.8 cm³/mol. The van der Waals surface area contributed by atoms with Crippen LogP contribution >= 0.6 is 0 Å². The minimum absolute atomic E-state index is 0.271. The molecule has 0 fully saturated rings. The molecule has 1 aromatic carbocycles. The number of ether oxygens (including phenoxy) is 1. The van der Waals surface area contributed by atoms with Gasteiger partial charge in [0.2, 0.25) is 0 Å². The van der Waals surface area contributed by atoms with Crippen LogP contribution in [0.5, 0.6) is 5.75 Å². The molecule has 0 spiro atoms. The average molecular weight is 279 g/mol. The number of nitriles is 1. The van der Waals surface area contributed by atoms with E-state index in [2.05, 4.69) is 6.07 Å². The smallest absolute Gasteiger partial charge is 0.132 e. The highest BCUT2D eigenvalue weighted by Crippen LogP contribution is 2.23. The number of aliphatic hydroxyl groups is 1. The number of unbranched alkanes of at least 4 members (excludes halogenated alkanes) is 1. The number of halogens is 1. The molecule has 110 valence electrons. The Labute approximate surface area is 120 Å². The van der Waals surface area contributed by atoms with Crippen LogP contribution in [-0.2, 0) is 0 Å². The Balaban J connectivity index is 2.37. The standard InChI is InChI=1S/C16H22FNO2/c1-12(19)14-7-6-13(10-15(14)17)20-9-5-4-8-16(2,3)11-18/h6-7,10,12,19H,4-5,8-9H2,1-3H3. The molecule has 0 saturated heterocycles. The van der Waals surface area contributed by atoms with Gasteiger partial charge < -0.3 is 9.84 Å². The van der Waals surface area contributed by atoms with Crippen LogP contribution in [0.1, 0.15) is 51.7 Å². The molecule has 0 amide bonds. The van der Waals surface area contributed by atoms with E-state index in [9.17, 15) is 9.50 Å². The van der Waals surface area contributed by atoms with Crippen molar-refractivity contribution in [3.05, 3.63) is 29.6 Å². The summed E-state index contributed by atoms with van der Waals surface area (Å²) in [5, 5.41) is 18.2. The fourth-order valence-electron chi connectivity index (χ4n) is 1.85. The van der Waals surface area contributed by atoms with E-state index in [-0.39, 0.29) is 11.0 Å². The molecule has 0 radical (unpaired) electrons. The van der Waals surface area contributed by atoms with Gasteiger partial charge in [-0.25, -0.2) is 4.39 Å². The van der Waals surface area contributed by atoms with E-state index in [4.69, 9.17) is 10.00 Å². The maximum Gasteiger partial charge on any atom is 0.132 e. The zero-order valence-corrected chi connectivity index (χ0v) is 12.3. The number of hydrogen-bond acceptors (Lipinski definition) is 3. The van der Waals surface area contributed by atoms with E-state index in [0.29, 0.717) is 12.4 Å². The molecule has 0 aliphatic heterocycles. The Morgan fingerprint density at radius 3 is 2.65 bits per heavy atom. The van der Waals surface area contributed by atoms with Gasteiger partial charge in [0.25, 0.3) is 0 Å². The average Bonchev–Trinajstić information content (AvgIpc) is 2.38. The second kappa shape index (κ2) is 7.25. The van der Waals surface area contributed by atoms with Gasteiger partial charge in [-0.15, -0.1) is 0 Å². The van der Waals surface area contributed by atoms with E-state index in [1.54, 1.807) is 6.07 Å². The van der Waals surface area contributed by atoms with Crippen molar-refractivity contribution >= 4 is 0 Å². The molecule has 20 heavy (non-hydrogen) atoms. The van der Waals surface area contributed by atoms with Crippen LogP contribution in [0.15, 0.2) is 18.2 Å². The number of nitrogens with zero attached hydrogens (tertiary/aromatic N) is 1. The van der Waals surface area contributed by atoms with Crippen LogP contribution in [0.2, 0.25) is 0 Å². The molecule has 3 nitrogen and oxygen atoms in total. The Bertz CT molecular complexity index is 478. The van der Waals surface area contributed by atoms with E-state index in [0.717, 1.165) is 19.3 Å². The minimum Gasteiger partial charge on any atom is -0.493 e. The maximum atomic E-state index is 13.6. The van der Waals surface area contributed by atoms with Crippen LogP contribution in [0.4, 0.5) is 4.39 Å². The third-order valence-corrected chi connectivity index (χ3v) is 3.19. The van der Waals surface area contributed by atoms with Crippen LogP contribution < -0.4 is 4.74 Å². The number of aliphatic hydroxyl groups excluding tert-OH is 1. The van der Waals surface area contributed by atoms with Gasteiger partial charge in [-0.1, -0.05) is 0 Å². The molecule has 0 aliphatic rings. The summed E-state index contributed by atoms with van der Waals surface area (Å²) < 4.78 is 19.1. The van der Waals surface area contributed by atoms with Crippen molar-refractivity contribution in [2.24, 2.45) is 5.41 Å². The van der Waals surface area contributed by atoms with Crippen LogP contribution in [0, 0.1) is 22.6 Å². The number of benzene rings is 1. The van der Waals surface area contributed by atoms with Crippen LogP contribution in [0.25, 0.3) is 0 Å². The summed E-state index contributed by atoms with van der Waals surface area (Å²) >= 11 is 0. The lowest BCUT2D eigenvalue weighted by Crippen LogP contribution is -2.08. The van der Waals surface area contributed by atoms with Gasteiger partial charge in [0.1, 0.15) is 11.6 Å². The van der Waals surface area contributed by atoms with E-state index < -0.39 is 11.9 Å². The van der Waals surface area contributed by atoms with E-state index >= 15 is 0 Å². The molecular weight excluding hydrogens is 257 g/mol. The zero-order valence-electron chi connectivity index (χ0n) is 12.3. The van der Waals surface area contributed by atoms with E-state index in [1.165, 1.54) is 19.1 Å². The second-order valence-corrected chi connectivity index (χ2v) is 5.66. The first kappa shape index (κ1) is 16.5. The first-order valence-electron chi connectivity index (χ1n) is 6.87. The Morgan fingerprint density at radius 2 is 2.10 bits per heavy atom. The molecule has 0 aliphatic carbocycles. The summed E-state index contributed by atoms with van der Waals surface area (Å²) in [5.74, 6) is 0.00885. The van der Waals surface area contributed by atoms with Crippen molar-refractivity contribution in [1.29, 1.82) is 5.26 Å². The Kier molecular flexibility index (Phi) is 5.97. The lowest BCUT2D eigenvalue weighted by molar-refractivity contribution is 0.194. The van der Waals surface area contributed by atoms with Crippen LogP contribution in [0.3, 0.4) is 0 Å². The third-order valence-electron chi connectivity index (χ3n) is 3.19. The van der Waals surface area contributed by atoms with Gasteiger partial charge in [-0.2, -0.15) is 5.26 Å². The number of hydrogen-bond donors (Lipinski definition) is 1.